The fourth-order valence-corrected chi connectivity index (χ4v) is 3.61. The summed E-state index contributed by atoms with van der Waals surface area (Å²) in [6.07, 6.45) is 5.15. The Morgan fingerprint density at radius 1 is 1.44 bits per heavy atom. The molecule has 1 aromatic heterocycles. The minimum absolute atomic E-state index is 0.102. The van der Waals surface area contributed by atoms with Crippen LogP contribution in [0.2, 0.25) is 0 Å². The predicted molar refractivity (Wildman–Crippen MR) is 77.9 cm³/mol. The van der Waals surface area contributed by atoms with E-state index in [9.17, 15) is 10.1 Å². The zero-order valence-electron chi connectivity index (χ0n) is 10.9. The molecule has 0 aliphatic carbocycles. The van der Waals surface area contributed by atoms with Gasteiger partial charge in [-0.25, -0.2) is 0 Å². The third-order valence-corrected chi connectivity index (χ3v) is 5.76. The Kier molecular flexibility index (Phi) is 5.95. The molecule has 100 valence electrons. The van der Waals surface area contributed by atoms with Gasteiger partial charge in [0.2, 0.25) is 0 Å². The van der Waals surface area contributed by atoms with Crippen LogP contribution in [-0.2, 0) is 0 Å². The standard InChI is InChI=1S/C12H18N2O2S2/c1-4-5-8-12(2,3)18-17-10-6-7-11(13-9-10)14(15)16/h6-7,9H,4-5,8H2,1-3H3. The van der Waals surface area contributed by atoms with Gasteiger partial charge in [-0.15, -0.1) is 0 Å². The van der Waals surface area contributed by atoms with E-state index in [2.05, 4.69) is 25.8 Å². The van der Waals surface area contributed by atoms with Gasteiger partial charge in [0, 0.05) is 10.8 Å². The number of hydrogen-bond donors (Lipinski definition) is 0. The van der Waals surface area contributed by atoms with Crippen LogP contribution in [0.4, 0.5) is 5.82 Å². The number of hydrogen-bond acceptors (Lipinski definition) is 5. The van der Waals surface area contributed by atoms with Gasteiger partial charge in [-0.2, -0.15) is 0 Å². The molecule has 1 rings (SSSR count). The SMILES string of the molecule is CCCCC(C)(C)SSc1ccc([N+](=O)[O-])nc1. The van der Waals surface area contributed by atoms with E-state index in [1.807, 2.05) is 0 Å². The summed E-state index contributed by atoms with van der Waals surface area (Å²) in [5, 5.41) is 10.5. The van der Waals surface area contributed by atoms with Crippen molar-refractivity contribution in [3.05, 3.63) is 28.4 Å². The molecule has 6 heteroatoms. The largest absolute Gasteiger partial charge is 0.363 e. The summed E-state index contributed by atoms with van der Waals surface area (Å²) in [7, 11) is 3.42. The number of unbranched alkanes of at least 4 members (excludes halogenated alkanes) is 1. The van der Waals surface area contributed by atoms with Crippen molar-refractivity contribution in [1.29, 1.82) is 0 Å². The van der Waals surface area contributed by atoms with Gasteiger partial charge in [0.15, 0.2) is 6.20 Å². The van der Waals surface area contributed by atoms with Crippen LogP contribution >= 0.6 is 21.6 Å². The molecule has 0 amide bonds. The Bertz CT molecular complexity index is 394. The maximum Gasteiger partial charge on any atom is 0.363 e. The van der Waals surface area contributed by atoms with E-state index in [1.165, 1.54) is 25.3 Å². The maximum absolute atomic E-state index is 10.5. The molecule has 0 spiro atoms. The second-order valence-corrected chi connectivity index (χ2v) is 7.55. The lowest BCUT2D eigenvalue weighted by Crippen LogP contribution is -2.12. The molecule has 0 aliphatic rings. The van der Waals surface area contributed by atoms with Gasteiger partial charge in [-0.05, 0) is 36.2 Å². The maximum atomic E-state index is 10.5. The molecule has 0 radical (unpaired) electrons. The van der Waals surface area contributed by atoms with E-state index in [0.717, 1.165) is 4.90 Å². The number of nitro groups is 1. The number of aromatic nitrogens is 1. The van der Waals surface area contributed by atoms with Crippen LogP contribution in [0, 0.1) is 10.1 Å². The van der Waals surface area contributed by atoms with E-state index < -0.39 is 4.92 Å². The summed E-state index contributed by atoms with van der Waals surface area (Å²) in [5.74, 6) is -0.102. The second kappa shape index (κ2) is 6.99. The van der Waals surface area contributed by atoms with Crippen molar-refractivity contribution < 1.29 is 4.92 Å². The molecule has 1 heterocycles. The Morgan fingerprint density at radius 3 is 2.67 bits per heavy atom. The molecular formula is C12H18N2O2S2. The molecule has 0 aromatic carbocycles. The fourth-order valence-electron chi connectivity index (χ4n) is 1.33. The molecule has 0 unspecified atom stereocenters. The van der Waals surface area contributed by atoms with E-state index in [-0.39, 0.29) is 10.6 Å². The van der Waals surface area contributed by atoms with Crippen molar-refractivity contribution in [2.45, 2.75) is 49.7 Å². The summed E-state index contributed by atoms with van der Waals surface area (Å²) in [6, 6.07) is 3.20. The molecule has 1 aromatic rings. The highest BCUT2D eigenvalue weighted by Crippen LogP contribution is 2.43. The highest BCUT2D eigenvalue weighted by molar-refractivity contribution is 8.77. The number of nitrogens with zero attached hydrogens (tertiary/aromatic N) is 2. The fraction of sp³-hybridized carbons (Fsp3) is 0.583. The summed E-state index contributed by atoms with van der Waals surface area (Å²) in [4.78, 5) is 14.8. The van der Waals surface area contributed by atoms with Gasteiger partial charge in [-0.1, -0.05) is 41.4 Å². The average Bonchev–Trinajstić information content (AvgIpc) is 2.35. The highest BCUT2D eigenvalue weighted by atomic mass is 33.1. The first-order chi connectivity index (χ1) is 8.44. The summed E-state index contributed by atoms with van der Waals surface area (Å²) >= 11 is 0. The summed E-state index contributed by atoms with van der Waals surface area (Å²) in [6.45, 7) is 6.63. The third-order valence-electron chi connectivity index (χ3n) is 2.40. The van der Waals surface area contributed by atoms with E-state index in [4.69, 9.17) is 0 Å². The Balaban J connectivity index is 2.50. The number of rotatable bonds is 7. The van der Waals surface area contributed by atoms with E-state index in [0.29, 0.717) is 0 Å². The van der Waals surface area contributed by atoms with Crippen molar-refractivity contribution in [2.75, 3.05) is 0 Å². The molecule has 0 atom stereocenters. The van der Waals surface area contributed by atoms with Crippen LogP contribution in [-0.4, -0.2) is 14.7 Å². The lowest BCUT2D eigenvalue weighted by Gasteiger charge is -2.22. The minimum atomic E-state index is -0.479. The number of pyridine rings is 1. The minimum Gasteiger partial charge on any atom is -0.358 e. The van der Waals surface area contributed by atoms with Crippen LogP contribution in [0.25, 0.3) is 0 Å². The lowest BCUT2D eigenvalue weighted by atomic mass is 10.1. The van der Waals surface area contributed by atoms with Crippen molar-refractivity contribution in [3.8, 4) is 0 Å². The van der Waals surface area contributed by atoms with Crippen LogP contribution in [0.5, 0.6) is 0 Å². The Labute approximate surface area is 116 Å². The molecule has 18 heavy (non-hydrogen) atoms. The van der Waals surface area contributed by atoms with Gasteiger partial charge in [0.25, 0.3) is 0 Å². The summed E-state index contributed by atoms with van der Waals surface area (Å²) in [5.41, 5.74) is 0. The first-order valence-electron chi connectivity index (χ1n) is 5.91. The first-order valence-corrected chi connectivity index (χ1v) is 8.06. The van der Waals surface area contributed by atoms with Gasteiger partial charge < -0.3 is 10.1 Å². The van der Waals surface area contributed by atoms with E-state index in [1.54, 1.807) is 33.9 Å². The zero-order chi connectivity index (χ0) is 13.6. The van der Waals surface area contributed by atoms with Gasteiger partial charge in [-0.3, -0.25) is 0 Å². The Morgan fingerprint density at radius 2 is 2.17 bits per heavy atom. The van der Waals surface area contributed by atoms with Crippen LogP contribution < -0.4 is 0 Å². The molecule has 4 nitrogen and oxygen atoms in total. The molecule has 0 saturated carbocycles. The quantitative estimate of drug-likeness (QED) is 0.413. The van der Waals surface area contributed by atoms with Crippen LogP contribution in [0.15, 0.2) is 23.2 Å². The van der Waals surface area contributed by atoms with E-state index >= 15 is 0 Å². The molecule has 0 saturated heterocycles. The first kappa shape index (κ1) is 15.3. The normalized spacial score (nSPS) is 11.5. The van der Waals surface area contributed by atoms with Gasteiger partial charge in [0.1, 0.15) is 0 Å². The highest BCUT2D eigenvalue weighted by Gasteiger charge is 2.19. The smallest absolute Gasteiger partial charge is 0.358 e. The predicted octanol–water partition coefficient (Wildman–Crippen LogP) is 4.70. The van der Waals surface area contributed by atoms with Crippen LogP contribution in [0.3, 0.4) is 0 Å². The lowest BCUT2D eigenvalue weighted by molar-refractivity contribution is -0.389. The molecule has 0 bridgehead atoms. The summed E-state index contributed by atoms with van der Waals surface area (Å²) < 4.78 is 0.211. The van der Waals surface area contributed by atoms with Crippen LogP contribution in [0.1, 0.15) is 40.0 Å². The zero-order valence-corrected chi connectivity index (χ0v) is 12.5. The molecular weight excluding hydrogens is 268 g/mol. The topological polar surface area (TPSA) is 56.0 Å². The van der Waals surface area contributed by atoms with Gasteiger partial charge in [0.05, 0.1) is 4.90 Å². The molecule has 0 aliphatic heterocycles. The average molecular weight is 286 g/mol. The van der Waals surface area contributed by atoms with Crippen molar-refractivity contribution >= 4 is 27.4 Å². The van der Waals surface area contributed by atoms with Crippen molar-refractivity contribution in [2.24, 2.45) is 0 Å². The van der Waals surface area contributed by atoms with Crippen molar-refractivity contribution in [1.82, 2.24) is 4.98 Å². The van der Waals surface area contributed by atoms with Gasteiger partial charge >= 0.3 is 5.82 Å². The molecule has 0 fully saturated rings. The third kappa shape index (κ3) is 5.27. The second-order valence-electron chi connectivity index (χ2n) is 4.64. The molecule has 0 N–H and O–H groups in total. The van der Waals surface area contributed by atoms with Crippen molar-refractivity contribution in [3.63, 3.8) is 0 Å². The monoisotopic (exact) mass is 286 g/mol. The Hall–Kier alpha value is -0.750.